The number of hydrogen-bond acceptors (Lipinski definition) is 5. The monoisotopic (exact) mass is 359 g/mol. The van der Waals surface area contributed by atoms with Crippen LogP contribution in [0.1, 0.15) is 30.3 Å². The second-order valence-corrected chi connectivity index (χ2v) is 7.14. The molecule has 0 unspecified atom stereocenters. The Morgan fingerprint density at radius 2 is 2.12 bits per heavy atom. The van der Waals surface area contributed by atoms with E-state index in [2.05, 4.69) is 17.2 Å². The minimum atomic E-state index is -0.114. The van der Waals surface area contributed by atoms with Gasteiger partial charge in [0.05, 0.1) is 23.2 Å². The Labute approximate surface area is 151 Å². The number of aromatic nitrogens is 1. The number of nitrogens with one attached hydrogen (secondary N) is 1. The maximum Gasteiger partial charge on any atom is 0.289 e. The van der Waals surface area contributed by atoms with Crippen molar-refractivity contribution in [3.8, 4) is 0 Å². The van der Waals surface area contributed by atoms with Gasteiger partial charge in [-0.2, -0.15) is 0 Å². The Morgan fingerprint density at radius 3 is 2.72 bits per heavy atom. The van der Waals surface area contributed by atoms with Crippen molar-refractivity contribution in [2.45, 2.75) is 24.8 Å². The van der Waals surface area contributed by atoms with Crippen molar-refractivity contribution in [2.75, 3.05) is 24.2 Å². The van der Waals surface area contributed by atoms with Gasteiger partial charge < -0.3 is 14.6 Å². The Bertz CT molecular complexity index is 708. The molecule has 0 radical (unpaired) electrons. The van der Waals surface area contributed by atoms with Crippen molar-refractivity contribution in [1.29, 1.82) is 0 Å². The van der Waals surface area contributed by atoms with E-state index < -0.39 is 0 Å². The number of likely N-dealkylation sites (tertiary alicyclic amines) is 1. The first kappa shape index (κ1) is 17.5. The highest BCUT2D eigenvalue weighted by Crippen LogP contribution is 2.22. The van der Waals surface area contributed by atoms with E-state index in [9.17, 15) is 9.59 Å². The second-order valence-electron chi connectivity index (χ2n) is 5.85. The molecule has 3 rings (SSSR count). The van der Waals surface area contributed by atoms with Gasteiger partial charge in [0, 0.05) is 19.0 Å². The molecule has 0 atom stereocenters. The van der Waals surface area contributed by atoms with E-state index in [0.717, 1.165) is 10.8 Å². The third-order valence-corrected chi connectivity index (χ3v) is 5.01. The first-order chi connectivity index (χ1) is 12.2. The lowest BCUT2D eigenvalue weighted by Gasteiger charge is -2.30. The number of pyridine rings is 1. The minimum Gasteiger partial charge on any atom is -0.459 e. The fraction of sp³-hybridized carbons (Fsp3) is 0.389. The van der Waals surface area contributed by atoms with Gasteiger partial charge in [0.2, 0.25) is 5.91 Å². The third kappa shape index (κ3) is 4.42. The number of carbonyl (C=O) groups is 2. The molecule has 0 saturated carbocycles. The van der Waals surface area contributed by atoms with E-state index in [4.69, 9.17) is 4.42 Å². The number of piperidine rings is 1. The predicted octanol–water partition coefficient (Wildman–Crippen LogP) is 3.28. The molecular weight excluding hydrogens is 338 g/mol. The fourth-order valence-electron chi connectivity index (χ4n) is 2.83. The van der Waals surface area contributed by atoms with Crippen LogP contribution in [0.25, 0.3) is 0 Å². The maximum absolute atomic E-state index is 12.4. The molecule has 0 bridgehead atoms. The lowest BCUT2D eigenvalue weighted by Crippen LogP contribution is -2.41. The number of hydrogen-bond donors (Lipinski definition) is 1. The summed E-state index contributed by atoms with van der Waals surface area (Å²) in [7, 11) is 0. The fourth-order valence-corrected chi connectivity index (χ4v) is 3.42. The molecule has 1 saturated heterocycles. The zero-order chi connectivity index (χ0) is 17.6. The first-order valence-electron chi connectivity index (χ1n) is 8.40. The van der Waals surface area contributed by atoms with Gasteiger partial charge in [-0.15, -0.1) is 11.8 Å². The zero-order valence-electron chi connectivity index (χ0n) is 14.1. The van der Waals surface area contributed by atoms with E-state index in [1.165, 1.54) is 6.26 Å². The largest absolute Gasteiger partial charge is 0.459 e. The molecule has 2 aromatic rings. The highest BCUT2D eigenvalue weighted by Gasteiger charge is 2.28. The molecule has 3 heterocycles. The summed E-state index contributed by atoms with van der Waals surface area (Å²) in [5.74, 6) is 1.10. The summed E-state index contributed by atoms with van der Waals surface area (Å²) in [5.41, 5.74) is 0.708. The normalized spacial score (nSPS) is 15.2. The summed E-state index contributed by atoms with van der Waals surface area (Å²) in [5, 5.41) is 3.87. The number of amides is 2. The molecule has 1 fully saturated rings. The van der Waals surface area contributed by atoms with Crippen molar-refractivity contribution in [1.82, 2.24) is 9.88 Å². The van der Waals surface area contributed by atoms with Crippen LogP contribution in [0.4, 0.5) is 5.69 Å². The third-order valence-electron chi connectivity index (χ3n) is 4.18. The molecule has 132 valence electrons. The van der Waals surface area contributed by atoms with Crippen molar-refractivity contribution < 1.29 is 14.0 Å². The number of furan rings is 1. The Hall–Kier alpha value is -2.28. The first-order valence-corrected chi connectivity index (χ1v) is 9.38. The van der Waals surface area contributed by atoms with Crippen molar-refractivity contribution in [3.63, 3.8) is 0 Å². The van der Waals surface area contributed by atoms with E-state index in [1.54, 1.807) is 35.0 Å². The van der Waals surface area contributed by atoms with Crippen LogP contribution in [0.5, 0.6) is 0 Å². The number of nitrogens with zero attached hydrogens (tertiary/aromatic N) is 2. The van der Waals surface area contributed by atoms with Crippen molar-refractivity contribution in [3.05, 3.63) is 42.5 Å². The summed E-state index contributed by atoms with van der Waals surface area (Å²) in [4.78, 5) is 30.7. The molecule has 6 nitrogen and oxygen atoms in total. The lowest BCUT2D eigenvalue weighted by molar-refractivity contribution is -0.121. The second kappa shape index (κ2) is 8.20. The highest BCUT2D eigenvalue weighted by atomic mass is 32.2. The number of thioether (sulfide) groups is 1. The van der Waals surface area contributed by atoms with E-state index in [-0.39, 0.29) is 17.7 Å². The Balaban J connectivity index is 1.50. The summed E-state index contributed by atoms with van der Waals surface area (Å²) >= 11 is 1.66. The molecule has 2 amide bonds. The van der Waals surface area contributed by atoms with Crippen LogP contribution in [0.3, 0.4) is 0 Å². The molecule has 0 spiro atoms. The molecular formula is C18H21N3O3S. The molecule has 1 aliphatic heterocycles. The van der Waals surface area contributed by atoms with Crippen molar-refractivity contribution >= 4 is 29.3 Å². The van der Waals surface area contributed by atoms with Gasteiger partial charge >= 0.3 is 0 Å². The van der Waals surface area contributed by atoms with Gasteiger partial charge in [0.1, 0.15) is 0 Å². The van der Waals surface area contributed by atoms with Gasteiger partial charge in [-0.3, -0.25) is 9.59 Å². The highest BCUT2D eigenvalue weighted by molar-refractivity contribution is 7.99. The molecule has 7 heteroatoms. The van der Waals surface area contributed by atoms with Crippen LogP contribution in [0.15, 0.2) is 46.2 Å². The summed E-state index contributed by atoms with van der Waals surface area (Å²) < 4.78 is 5.15. The zero-order valence-corrected chi connectivity index (χ0v) is 14.9. The van der Waals surface area contributed by atoms with E-state index in [1.807, 2.05) is 12.1 Å². The van der Waals surface area contributed by atoms with Gasteiger partial charge in [-0.05, 0) is 42.9 Å². The minimum absolute atomic E-state index is 0.0113. The number of rotatable bonds is 5. The molecule has 1 N–H and O–H groups in total. The average molecular weight is 359 g/mol. The van der Waals surface area contributed by atoms with E-state index >= 15 is 0 Å². The standard InChI is InChI=1S/C18H21N3O3S/c1-2-25-16-6-5-14(12-19-16)20-17(22)13-7-9-21(10-8-13)18(23)15-4-3-11-24-15/h3-6,11-13H,2,7-10H2,1H3,(H,20,22). The molecule has 0 aliphatic carbocycles. The van der Waals surface area contributed by atoms with Crippen LogP contribution >= 0.6 is 11.8 Å². The van der Waals surface area contributed by atoms with Crippen LogP contribution in [0.2, 0.25) is 0 Å². The average Bonchev–Trinajstić information content (AvgIpc) is 3.18. The Kier molecular flexibility index (Phi) is 5.75. The number of anilines is 1. The maximum atomic E-state index is 12.4. The summed E-state index contributed by atoms with van der Waals surface area (Å²) in [6.07, 6.45) is 4.47. The van der Waals surface area contributed by atoms with Crippen LogP contribution < -0.4 is 5.32 Å². The molecule has 1 aliphatic rings. The summed E-state index contributed by atoms with van der Waals surface area (Å²) in [6.45, 7) is 3.19. The quantitative estimate of drug-likeness (QED) is 0.829. The number of carbonyl (C=O) groups excluding carboxylic acids is 2. The van der Waals surface area contributed by atoms with Gasteiger partial charge in [0.25, 0.3) is 5.91 Å². The van der Waals surface area contributed by atoms with Crippen LogP contribution in [-0.2, 0) is 4.79 Å². The van der Waals surface area contributed by atoms with Crippen LogP contribution in [0, 0.1) is 5.92 Å². The van der Waals surface area contributed by atoms with Gasteiger partial charge in [-0.1, -0.05) is 6.92 Å². The predicted molar refractivity (Wildman–Crippen MR) is 96.6 cm³/mol. The van der Waals surface area contributed by atoms with Gasteiger partial charge in [0.15, 0.2) is 5.76 Å². The topological polar surface area (TPSA) is 75.4 Å². The van der Waals surface area contributed by atoms with Gasteiger partial charge in [-0.25, -0.2) is 4.98 Å². The molecule has 25 heavy (non-hydrogen) atoms. The van der Waals surface area contributed by atoms with E-state index in [0.29, 0.717) is 37.4 Å². The molecule has 2 aromatic heterocycles. The smallest absolute Gasteiger partial charge is 0.289 e. The summed E-state index contributed by atoms with van der Waals surface area (Å²) in [6, 6.07) is 7.15. The lowest BCUT2D eigenvalue weighted by atomic mass is 9.95. The van der Waals surface area contributed by atoms with Crippen molar-refractivity contribution in [2.24, 2.45) is 5.92 Å². The Morgan fingerprint density at radius 1 is 1.32 bits per heavy atom. The molecule has 0 aromatic carbocycles. The SMILES string of the molecule is CCSc1ccc(NC(=O)C2CCN(C(=O)c3ccco3)CC2)cn1. The van der Waals surface area contributed by atoms with Crippen LogP contribution in [-0.4, -0.2) is 40.5 Å².